The van der Waals surface area contributed by atoms with Gasteiger partial charge in [-0.15, -0.1) is 0 Å². The number of aromatic nitrogens is 2. The van der Waals surface area contributed by atoms with Crippen LogP contribution in [0.1, 0.15) is 36.4 Å². The molecule has 2 nitrogen and oxygen atoms in total. The smallest absolute Gasteiger partial charge is 0.0914 e. The molecule has 0 unspecified atom stereocenters. The zero-order chi connectivity index (χ0) is 20.2. The molecule has 0 radical (unpaired) electrons. The molecule has 1 heterocycles. The molecular weight excluding hydrogens is 352 g/mol. The summed E-state index contributed by atoms with van der Waals surface area (Å²) in [5.74, 6) is 0. The molecule has 0 N–H and O–H groups in total. The summed E-state index contributed by atoms with van der Waals surface area (Å²) in [4.78, 5) is 9.21. The molecule has 142 valence electrons. The minimum absolute atomic E-state index is 0.0125. The predicted octanol–water partition coefficient (Wildman–Crippen LogP) is 6.73. The van der Waals surface area contributed by atoms with Gasteiger partial charge in [0.15, 0.2) is 0 Å². The van der Waals surface area contributed by atoms with Gasteiger partial charge in [-0.3, -0.25) is 9.97 Å². The first-order valence-electron chi connectivity index (χ1n) is 10.1. The molecule has 3 aromatic carbocycles. The van der Waals surface area contributed by atoms with Crippen LogP contribution in [0.2, 0.25) is 0 Å². The summed E-state index contributed by atoms with van der Waals surface area (Å²) in [5.41, 5.74) is 11.9. The molecule has 0 amide bonds. The minimum Gasteiger partial charge on any atom is -0.255 e. The van der Waals surface area contributed by atoms with Crippen LogP contribution in [0.25, 0.3) is 33.5 Å². The van der Waals surface area contributed by atoms with Crippen molar-refractivity contribution in [1.29, 1.82) is 0 Å². The lowest BCUT2D eigenvalue weighted by molar-refractivity contribution is 0.660. The van der Waals surface area contributed by atoms with E-state index in [0.717, 1.165) is 22.6 Å². The number of benzene rings is 3. The molecule has 0 bridgehead atoms. The van der Waals surface area contributed by atoms with Crippen LogP contribution in [-0.2, 0) is 5.41 Å². The average molecular weight is 377 g/mol. The average Bonchev–Trinajstić information content (AvgIpc) is 2.95. The molecule has 0 saturated carbocycles. The zero-order valence-electron chi connectivity index (χ0n) is 17.3. The highest BCUT2D eigenvalue weighted by Gasteiger charge is 2.35. The highest BCUT2D eigenvalue weighted by atomic mass is 14.8. The van der Waals surface area contributed by atoms with Crippen LogP contribution < -0.4 is 0 Å². The van der Waals surface area contributed by atoms with Crippen LogP contribution >= 0.6 is 0 Å². The molecule has 0 aliphatic heterocycles. The van der Waals surface area contributed by atoms with E-state index in [4.69, 9.17) is 0 Å². The van der Waals surface area contributed by atoms with E-state index in [1.165, 1.54) is 33.4 Å². The summed E-state index contributed by atoms with van der Waals surface area (Å²) in [5, 5.41) is 0. The van der Waals surface area contributed by atoms with Gasteiger partial charge in [0, 0.05) is 17.2 Å². The number of rotatable bonds is 2. The van der Waals surface area contributed by atoms with Crippen LogP contribution in [0.3, 0.4) is 0 Å². The second kappa shape index (κ2) is 6.38. The number of hydrogen-bond acceptors (Lipinski definition) is 2. The number of hydrogen-bond donors (Lipinski definition) is 0. The fourth-order valence-electron chi connectivity index (χ4n) is 4.61. The third-order valence-corrected chi connectivity index (χ3v) is 6.12. The van der Waals surface area contributed by atoms with Crippen LogP contribution in [-0.4, -0.2) is 9.97 Å². The summed E-state index contributed by atoms with van der Waals surface area (Å²) >= 11 is 0. The molecule has 29 heavy (non-hydrogen) atoms. The van der Waals surface area contributed by atoms with E-state index in [0.29, 0.717) is 0 Å². The number of aryl methyl sites for hydroxylation is 2. The zero-order valence-corrected chi connectivity index (χ0v) is 17.3. The van der Waals surface area contributed by atoms with Crippen molar-refractivity contribution >= 4 is 0 Å². The van der Waals surface area contributed by atoms with Crippen LogP contribution in [0.4, 0.5) is 0 Å². The van der Waals surface area contributed by atoms with E-state index in [-0.39, 0.29) is 5.41 Å². The molecule has 0 atom stereocenters. The van der Waals surface area contributed by atoms with Crippen LogP contribution in [0.5, 0.6) is 0 Å². The topological polar surface area (TPSA) is 25.8 Å². The predicted molar refractivity (Wildman–Crippen MR) is 120 cm³/mol. The molecule has 0 spiro atoms. The monoisotopic (exact) mass is 376 g/mol. The lowest BCUT2D eigenvalue weighted by Crippen LogP contribution is -2.14. The maximum absolute atomic E-state index is 4.63. The van der Waals surface area contributed by atoms with Gasteiger partial charge in [-0.05, 0) is 59.4 Å². The molecule has 1 aromatic heterocycles. The first kappa shape index (κ1) is 17.8. The van der Waals surface area contributed by atoms with Gasteiger partial charge in [0.05, 0.1) is 17.1 Å². The summed E-state index contributed by atoms with van der Waals surface area (Å²) in [6.45, 7) is 8.65. The fraction of sp³-hybridized carbons (Fsp3) is 0.185. The Morgan fingerprint density at radius 1 is 0.690 bits per heavy atom. The Morgan fingerprint density at radius 2 is 1.41 bits per heavy atom. The Balaban J connectivity index is 1.61. The minimum atomic E-state index is 0.0125. The van der Waals surface area contributed by atoms with Crippen LogP contribution in [0.15, 0.2) is 72.9 Å². The van der Waals surface area contributed by atoms with E-state index < -0.39 is 0 Å². The standard InChI is InChI=1S/C27H24N2/c1-17-16-28-26(18(2)29-17)21-9-7-8-19(14-21)20-12-13-23-22-10-5-6-11-24(22)27(3,4)25(23)15-20/h5-16H,1-4H3. The SMILES string of the molecule is Cc1cnc(-c2cccc(-c3ccc4c(c3)C(C)(C)c3ccccc3-4)c2)c(C)n1. The number of fused-ring (bicyclic) bond motifs is 3. The quantitative estimate of drug-likeness (QED) is 0.387. The summed E-state index contributed by atoms with van der Waals surface area (Å²) in [6, 6.07) is 24.3. The van der Waals surface area contributed by atoms with Gasteiger partial charge < -0.3 is 0 Å². The van der Waals surface area contributed by atoms with Gasteiger partial charge in [-0.1, -0.05) is 68.4 Å². The highest BCUT2D eigenvalue weighted by molar-refractivity contribution is 5.84. The first-order chi connectivity index (χ1) is 13.9. The molecule has 4 aromatic rings. The number of nitrogens with zero attached hydrogens (tertiary/aromatic N) is 2. The summed E-state index contributed by atoms with van der Waals surface area (Å²) in [7, 11) is 0. The van der Waals surface area contributed by atoms with Gasteiger partial charge in [0.25, 0.3) is 0 Å². The second-order valence-corrected chi connectivity index (χ2v) is 8.46. The van der Waals surface area contributed by atoms with E-state index in [1.54, 1.807) is 0 Å². The molecule has 1 aliphatic rings. The van der Waals surface area contributed by atoms with Crippen molar-refractivity contribution < 1.29 is 0 Å². The Bertz CT molecular complexity index is 1250. The molecule has 2 heteroatoms. The largest absolute Gasteiger partial charge is 0.255 e. The van der Waals surface area contributed by atoms with Gasteiger partial charge in [-0.25, -0.2) is 0 Å². The van der Waals surface area contributed by atoms with E-state index >= 15 is 0 Å². The Morgan fingerprint density at radius 3 is 2.24 bits per heavy atom. The third kappa shape index (κ3) is 2.79. The molecule has 0 fully saturated rings. The molecule has 1 aliphatic carbocycles. The van der Waals surface area contributed by atoms with Gasteiger partial charge >= 0.3 is 0 Å². The van der Waals surface area contributed by atoms with Crippen molar-refractivity contribution in [3.63, 3.8) is 0 Å². The Labute approximate surface area is 172 Å². The van der Waals surface area contributed by atoms with E-state index in [1.807, 2.05) is 20.0 Å². The summed E-state index contributed by atoms with van der Waals surface area (Å²) < 4.78 is 0. The first-order valence-corrected chi connectivity index (χ1v) is 10.1. The van der Waals surface area contributed by atoms with Crippen molar-refractivity contribution in [2.24, 2.45) is 0 Å². The van der Waals surface area contributed by atoms with Gasteiger partial charge in [-0.2, -0.15) is 0 Å². The maximum atomic E-state index is 4.63. The second-order valence-electron chi connectivity index (χ2n) is 8.46. The van der Waals surface area contributed by atoms with Crippen LogP contribution in [0, 0.1) is 13.8 Å². The lowest BCUT2D eigenvalue weighted by atomic mass is 9.81. The Hall–Kier alpha value is -3.26. The molecule has 0 saturated heterocycles. The lowest BCUT2D eigenvalue weighted by Gasteiger charge is -2.22. The van der Waals surface area contributed by atoms with Crippen molar-refractivity contribution in [2.45, 2.75) is 33.1 Å². The maximum Gasteiger partial charge on any atom is 0.0914 e. The molecular formula is C27H24N2. The van der Waals surface area contributed by atoms with Crippen molar-refractivity contribution in [2.75, 3.05) is 0 Å². The molecule has 5 rings (SSSR count). The van der Waals surface area contributed by atoms with E-state index in [2.05, 4.69) is 90.5 Å². The normalized spacial score (nSPS) is 13.8. The van der Waals surface area contributed by atoms with Crippen molar-refractivity contribution in [3.8, 4) is 33.5 Å². The van der Waals surface area contributed by atoms with Gasteiger partial charge in [0.2, 0.25) is 0 Å². The third-order valence-electron chi connectivity index (χ3n) is 6.12. The fourth-order valence-corrected chi connectivity index (χ4v) is 4.61. The van der Waals surface area contributed by atoms with Crippen molar-refractivity contribution in [3.05, 3.63) is 95.4 Å². The summed E-state index contributed by atoms with van der Waals surface area (Å²) in [6.07, 6.45) is 1.84. The Kier molecular flexibility index (Phi) is 3.92. The van der Waals surface area contributed by atoms with E-state index in [9.17, 15) is 0 Å². The van der Waals surface area contributed by atoms with Crippen molar-refractivity contribution in [1.82, 2.24) is 9.97 Å². The highest BCUT2D eigenvalue weighted by Crippen LogP contribution is 2.49. The van der Waals surface area contributed by atoms with Gasteiger partial charge in [0.1, 0.15) is 0 Å².